The normalized spacial score (nSPS) is 13.2. The smallest absolute Gasteiger partial charge is 0.293 e. The van der Waals surface area contributed by atoms with E-state index in [4.69, 9.17) is 21.8 Å². The maximum atomic E-state index is 12.9. The van der Waals surface area contributed by atoms with Gasteiger partial charge < -0.3 is 10.2 Å². The molecule has 4 heterocycles. The number of halogens is 1. The van der Waals surface area contributed by atoms with Gasteiger partial charge in [-0.2, -0.15) is 9.78 Å². The van der Waals surface area contributed by atoms with Gasteiger partial charge in [0.15, 0.2) is 5.69 Å². The molecule has 0 atom stereocenters. The lowest BCUT2D eigenvalue weighted by atomic mass is 10.1. The van der Waals surface area contributed by atoms with Gasteiger partial charge in [-0.1, -0.05) is 40.3 Å². The number of nitro benzene ring substituents is 1. The van der Waals surface area contributed by atoms with Crippen molar-refractivity contribution in [1.82, 2.24) is 30.7 Å². The Balaban J connectivity index is 1.33. The molecule has 0 fully saturated rings. The van der Waals surface area contributed by atoms with Crippen LogP contribution in [0.25, 0.3) is 17.1 Å². The Kier molecular flexibility index (Phi) is 7.38. The van der Waals surface area contributed by atoms with E-state index >= 15 is 0 Å². The average molecular weight is 575 g/mol. The molecule has 0 aliphatic carbocycles. The number of nitrogen functional groups attached to an aromatic ring is 1. The number of anilines is 1. The topological polar surface area (TPSA) is 206 Å². The Morgan fingerprint density at radius 1 is 1.37 bits per heavy atom. The molecule has 0 spiro atoms. The molecule has 3 aromatic heterocycles. The molecule has 1 aromatic carbocycles. The number of hydrazone groups is 1. The van der Waals surface area contributed by atoms with Gasteiger partial charge in [-0.3, -0.25) is 19.9 Å². The molecule has 38 heavy (non-hydrogen) atoms. The zero-order chi connectivity index (χ0) is 26.6. The summed E-state index contributed by atoms with van der Waals surface area (Å²) in [6.45, 7) is 0.728. The van der Waals surface area contributed by atoms with Crippen molar-refractivity contribution in [2.45, 2.75) is 5.75 Å². The number of benzene rings is 1. The van der Waals surface area contributed by atoms with Crippen molar-refractivity contribution in [3.05, 3.63) is 62.6 Å². The van der Waals surface area contributed by atoms with E-state index in [1.165, 1.54) is 53.0 Å². The molecule has 3 N–H and O–H groups in total. The Morgan fingerprint density at radius 3 is 2.97 bits per heavy atom. The van der Waals surface area contributed by atoms with Crippen molar-refractivity contribution in [1.29, 1.82) is 0 Å². The van der Waals surface area contributed by atoms with Crippen LogP contribution < -0.4 is 11.2 Å². The van der Waals surface area contributed by atoms with Crippen molar-refractivity contribution in [3.63, 3.8) is 0 Å². The lowest BCUT2D eigenvalue weighted by molar-refractivity contribution is -0.384. The third-order valence-corrected chi connectivity index (χ3v) is 7.47. The zero-order valence-electron chi connectivity index (χ0n) is 19.0. The lowest BCUT2D eigenvalue weighted by Crippen LogP contribution is -2.20. The van der Waals surface area contributed by atoms with Crippen LogP contribution in [0.5, 0.6) is 0 Å². The second-order valence-corrected chi connectivity index (χ2v) is 10.1. The molecular weight excluding hydrogens is 560 g/mol. The van der Waals surface area contributed by atoms with E-state index in [9.17, 15) is 14.9 Å². The molecule has 1 aliphatic rings. The average Bonchev–Trinajstić information content (AvgIpc) is 3.69. The van der Waals surface area contributed by atoms with Crippen molar-refractivity contribution < 1.29 is 18.8 Å². The fourth-order valence-corrected chi connectivity index (χ4v) is 5.46. The van der Waals surface area contributed by atoms with Crippen molar-refractivity contribution in [3.8, 4) is 17.1 Å². The molecule has 0 saturated heterocycles. The highest BCUT2D eigenvalue weighted by atomic mass is 35.5. The quantitative estimate of drug-likeness (QED) is 0.177. The van der Waals surface area contributed by atoms with Crippen LogP contribution in [0.4, 0.5) is 11.5 Å². The van der Waals surface area contributed by atoms with Gasteiger partial charge in [-0.15, -0.1) is 5.10 Å². The first-order valence-corrected chi connectivity index (χ1v) is 13.0. The van der Waals surface area contributed by atoms with Crippen LogP contribution in [-0.4, -0.2) is 59.0 Å². The van der Waals surface area contributed by atoms with Crippen LogP contribution in [0, 0.1) is 10.1 Å². The van der Waals surface area contributed by atoms with E-state index in [0.717, 1.165) is 16.7 Å². The number of nitrogens with zero attached hydrogens (tertiary/aromatic N) is 8. The number of rotatable bonds is 8. The number of carbonyl (C=O) groups excluding carboxylic acids is 1. The van der Waals surface area contributed by atoms with Gasteiger partial charge in [0.05, 0.1) is 28.9 Å². The number of furan rings is 1. The Hall–Kier alpha value is -4.22. The maximum Gasteiger partial charge on any atom is 0.293 e. The molecule has 0 saturated carbocycles. The fraction of sp³-hybridized carbons (Fsp3) is 0.150. The highest BCUT2D eigenvalue weighted by Crippen LogP contribution is 2.33. The first-order valence-electron chi connectivity index (χ1n) is 10.6. The summed E-state index contributed by atoms with van der Waals surface area (Å²) < 4.78 is 12.4. The molecule has 5 rings (SSSR count). The lowest BCUT2D eigenvalue weighted by Gasteiger charge is -2.05. The number of amides is 1. The summed E-state index contributed by atoms with van der Waals surface area (Å²) in [5.41, 5.74) is 8.57. The van der Waals surface area contributed by atoms with Gasteiger partial charge in [0.1, 0.15) is 15.9 Å². The molecule has 15 nitrogen and oxygen atoms in total. The number of thioether (sulfide) groups is 2. The SMILES string of the molecule is Nc1nonc1-n1nnc(C(=O)N/N=C/c2ccc(-c3cc(Cl)ccc3[N+](=O)[O-])o2)c1CSC1=NCCS1. The third-order valence-electron chi connectivity index (χ3n) is 4.97. The standard InChI is InChI=1S/C20H15ClN10O5S2/c21-10-1-3-13(31(33)34)12(7-10)15-4-2-11(35-15)8-24-26-19(32)16-14(9-38-20-23-5-6-37-20)30(29-25-16)18-17(22)27-36-28-18/h1-4,7-8H,5-6,9H2,(H2,22,27)(H,26,32)/b24-8+. The molecule has 0 unspecified atom stereocenters. The van der Waals surface area contributed by atoms with Gasteiger partial charge in [0, 0.05) is 22.6 Å². The molecule has 18 heteroatoms. The van der Waals surface area contributed by atoms with Crippen LogP contribution in [0.2, 0.25) is 5.02 Å². The Morgan fingerprint density at radius 2 is 2.24 bits per heavy atom. The van der Waals surface area contributed by atoms with E-state index in [1.54, 1.807) is 11.8 Å². The van der Waals surface area contributed by atoms with Gasteiger partial charge in [-0.25, -0.2) is 10.1 Å². The van der Waals surface area contributed by atoms with E-state index in [1.807, 2.05) is 0 Å². The van der Waals surface area contributed by atoms with E-state index < -0.39 is 10.8 Å². The van der Waals surface area contributed by atoms with Crippen molar-refractivity contribution in [2.75, 3.05) is 18.0 Å². The van der Waals surface area contributed by atoms with Crippen LogP contribution in [0.1, 0.15) is 21.9 Å². The predicted molar refractivity (Wildman–Crippen MR) is 141 cm³/mol. The monoisotopic (exact) mass is 574 g/mol. The first-order chi connectivity index (χ1) is 18.4. The molecule has 0 bridgehead atoms. The van der Waals surface area contributed by atoms with E-state index in [0.29, 0.717) is 10.7 Å². The third kappa shape index (κ3) is 5.38. The first kappa shape index (κ1) is 25.4. The summed E-state index contributed by atoms with van der Waals surface area (Å²) in [4.78, 5) is 28.1. The van der Waals surface area contributed by atoms with E-state index in [2.05, 4.69) is 40.8 Å². The largest absolute Gasteiger partial charge is 0.455 e. The minimum Gasteiger partial charge on any atom is -0.455 e. The van der Waals surface area contributed by atoms with Crippen molar-refractivity contribution >= 4 is 63.1 Å². The van der Waals surface area contributed by atoms with Crippen LogP contribution >= 0.6 is 35.1 Å². The summed E-state index contributed by atoms with van der Waals surface area (Å²) >= 11 is 9.02. The highest BCUT2D eigenvalue weighted by Gasteiger charge is 2.25. The minimum atomic E-state index is -0.656. The number of aliphatic imine (C=N–C) groups is 1. The molecule has 1 aliphatic heterocycles. The summed E-state index contributed by atoms with van der Waals surface area (Å²) in [6, 6.07) is 7.20. The van der Waals surface area contributed by atoms with Crippen LogP contribution in [-0.2, 0) is 5.75 Å². The van der Waals surface area contributed by atoms with Gasteiger partial charge in [0.25, 0.3) is 11.6 Å². The number of hydrogen-bond acceptors (Lipinski definition) is 14. The number of nitro groups is 1. The summed E-state index contributed by atoms with van der Waals surface area (Å²) in [5, 5.41) is 30.8. The number of aromatic nitrogens is 5. The number of nitrogens with two attached hydrogens (primary N) is 1. The van der Waals surface area contributed by atoms with Gasteiger partial charge in [0.2, 0.25) is 11.6 Å². The number of nitrogens with one attached hydrogen (secondary N) is 1. The number of hydrogen-bond donors (Lipinski definition) is 2. The molecule has 194 valence electrons. The van der Waals surface area contributed by atoms with Gasteiger partial charge in [-0.05, 0) is 34.6 Å². The molecule has 1 amide bonds. The predicted octanol–water partition coefficient (Wildman–Crippen LogP) is 3.15. The Labute approximate surface area is 226 Å². The highest BCUT2D eigenvalue weighted by molar-refractivity contribution is 8.38. The maximum absolute atomic E-state index is 12.9. The van der Waals surface area contributed by atoms with Crippen molar-refractivity contribution in [2.24, 2.45) is 10.1 Å². The molecular formula is C20H15ClN10O5S2. The Bertz CT molecular complexity index is 1580. The second-order valence-electron chi connectivity index (χ2n) is 7.37. The van der Waals surface area contributed by atoms with Crippen LogP contribution in [0.15, 0.2) is 49.5 Å². The van der Waals surface area contributed by atoms with Gasteiger partial charge >= 0.3 is 0 Å². The molecule has 0 radical (unpaired) electrons. The summed E-state index contributed by atoms with van der Waals surface area (Å²) in [7, 11) is 0. The van der Waals surface area contributed by atoms with E-state index in [-0.39, 0.29) is 45.9 Å². The minimum absolute atomic E-state index is 0.0182. The second kappa shape index (κ2) is 11.0. The summed E-state index contributed by atoms with van der Waals surface area (Å²) in [6.07, 6.45) is 1.24. The number of carbonyl (C=O) groups is 1. The molecule has 4 aromatic rings. The zero-order valence-corrected chi connectivity index (χ0v) is 21.4. The van der Waals surface area contributed by atoms with Crippen LogP contribution in [0.3, 0.4) is 0 Å². The fourth-order valence-electron chi connectivity index (χ4n) is 3.29. The summed E-state index contributed by atoms with van der Waals surface area (Å²) in [5.74, 6) is 1.03.